The van der Waals surface area contributed by atoms with Crippen LogP contribution in [0.2, 0.25) is 0 Å². The van der Waals surface area contributed by atoms with Crippen LogP contribution in [-0.2, 0) is 19.2 Å². The highest BCUT2D eigenvalue weighted by Crippen LogP contribution is 2.66. The van der Waals surface area contributed by atoms with Gasteiger partial charge in [-0.05, 0) is 60.7 Å². The molecule has 1 N–H and O–H groups in total. The number of rotatable bonds is 4. The maximum Gasteiger partial charge on any atom is 0.303 e. The lowest BCUT2D eigenvalue weighted by Gasteiger charge is -2.58. The second-order valence-electron chi connectivity index (χ2n) is 10.9. The van der Waals surface area contributed by atoms with Gasteiger partial charge < -0.3 is 5.11 Å². The van der Waals surface area contributed by atoms with Gasteiger partial charge in [0.05, 0.1) is 0 Å². The van der Waals surface area contributed by atoms with E-state index in [1.54, 1.807) is 0 Å². The van der Waals surface area contributed by atoms with Gasteiger partial charge in [-0.1, -0.05) is 20.8 Å². The van der Waals surface area contributed by atoms with Gasteiger partial charge in [0.2, 0.25) is 0 Å². The van der Waals surface area contributed by atoms with Crippen molar-refractivity contribution in [2.45, 2.75) is 78.6 Å². The second-order valence-corrected chi connectivity index (χ2v) is 10.9. The van der Waals surface area contributed by atoms with Crippen molar-refractivity contribution in [3.8, 4) is 0 Å². The maximum absolute atomic E-state index is 13.6. The van der Waals surface area contributed by atoms with E-state index < -0.39 is 11.4 Å². The molecule has 0 aliphatic heterocycles. The normalized spacial score (nSPS) is 45.3. The lowest BCUT2D eigenvalue weighted by molar-refractivity contribution is -0.166. The SMILES string of the molecule is C[C@H](CCC(=O)O)C1CC[C@H]2[C@@H]3C(=O)CC4CC(=O)CC[C@]4(C)[C@H]3CC(=O)[C@@]12C. The largest absolute Gasteiger partial charge is 0.481 e. The molecule has 0 aromatic heterocycles. The van der Waals surface area contributed by atoms with Crippen LogP contribution in [0.5, 0.6) is 0 Å². The zero-order valence-corrected chi connectivity index (χ0v) is 17.9. The Kier molecular flexibility index (Phi) is 5.02. The van der Waals surface area contributed by atoms with Gasteiger partial charge in [0.25, 0.3) is 0 Å². The molecule has 0 amide bonds. The molecule has 4 aliphatic carbocycles. The summed E-state index contributed by atoms with van der Waals surface area (Å²) in [7, 11) is 0. The summed E-state index contributed by atoms with van der Waals surface area (Å²) < 4.78 is 0. The number of carboxylic acid groups (broad SMARTS) is 1. The highest BCUT2D eigenvalue weighted by molar-refractivity contribution is 5.93. The summed E-state index contributed by atoms with van der Waals surface area (Å²) in [5.41, 5.74) is -0.598. The van der Waals surface area contributed by atoms with Crippen LogP contribution in [0.25, 0.3) is 0 Å². The number of aliphatic carboxylic acids is 1. The predicted octanol–water partition coefficient (Wildman–Crippen LogP) is 4.07. The molecule has 2 unspecified atom stereocenters. The minimum atomic E-state index is -0.792. The summed E-state index contributed by atoms with van der Waals surface area (Å²) >= 11 is 0. The molecule has 0 aromatic carbocycles. The van der Waals surface area contributed by atoms with Crippen LogP contribution in [0.1, 0.15) is 78.6 Å². The van der Waals surface area contributed by atoms with Crippen molar-refractivity contribution in [2.75, 3.05) is 0 Å². The van der Waals surface area contributed by atoms with Crippen LogP contribution < -0.4 is 0 Å². The summed E-state index contributed by atoms with van der Waals surface area (Å²) in [6, 6.07) is 0. The molecule has 4 aliphatic rings. The zero-order chi connectivity index (χ0) is 21.1. The first-order valence-electron chi connectivity index (χ1n) is 11.4. The average molecular weight is 403 g/mol. The van der Waals surface area contributed by atoms with Gasteiger partial charge in [0.1, 0.15) is 17.3 Å². The minimum Gasteiger partial charge on any atom is -0.481 e. The standard InChI is InChI=1S/C24H34O5/c1-13(4-7-21(28)29)16-5-6-17-22-18(12-20(27)24(16,17)3)23(2)9-8-15(25)10-14(23)11-19(22)26/h13-14,16-18,22H,4-12H2,1-3H3,(H,28,29)/t13-,14?,16?,17+,18+,22+,23+,24+/m1/s1. The van der Waals surface area contributed by atoms with Crippen LogP contribution in [0.3, 0.4) is 0 Å². The zero-order valence-electron chi connectivity index (χ0n) is 17.9. The fraction of sp³-hybridized carbons (Fsp3) is 0.833. The van der Waals surface area contributed by atoms with Crippen LogP contribution in [0.4, 0.5) is 0 Å². The van der Waals surface area contributed by atoms with Gasteiger partial charge in [0, 0.05) is 43.4 Å². The van der Waals surface area contributed by atoms with E-state index in [1.165, 1.54) is 0 Å². The van der Waals surface area contributed by atoms with Gasteiger partial charge in [-0.15, -0.1) is 0 Å². The van der Waals surface area contributed by atoms with Gasteiger partial charge in [-0.3, -0.25) is 19.2 Å². The quantitative estimate of drug-likeness (QED) is 0.766. The van der Waals surface area contributed by atoms with Crippen molar-refractivity contribution in [1.82, 2.24) is 0 Å². The molecule has 0 spiro atoms. The van der Waals surface area contributed by atoms with Gasteiger partial charge in [-0.25, -0.2) is 0 Å². The van der Waals surface area contributed by atoms with Gasteiger partial charge in [0.15, 0.2) is 0 Å². The number of hydrogen-bond acceptors (Lipinski definition) is 4. The minimum absolute atomic E-state index is 0.0659. The Bertz CT molecular complexity index is 756. The van der Waals surface area contributed by atoms with E-state index in [0.29, 0.717) is 32.1 Å². The van der Waals surface area contributed by atoms with Gasteiger partial charge in [-0.2, -0.15) is 0 Å². The second kappa shape index (κ2) is 7.02. The monoisotopic (exact) mass is 402 g/mol. The number of ketones is 3. The van der Waals surface area contributed by atoms with E-state index in [0.717, 1.165) is 19.3 Å². The molecule has 5 nitrogen and oxygen atoms in total. The van der Waals surface area contributed by atoms with Crippen molar-refractivity contribution >= 4 is 23.3 Å². The Morgan fingerprint density at radius 1 is 1.10 bits per heavy atom. The molecule has 0 heterocycles. The third-order valence-electron chi connectivity index (χ3n) is 9.72. The highest BCUT2D eigenvalue weighted by atomic mass is 16.4. The number of fused-ring (bicyclic) bond motifs is 5. The predicted molar refractivity (Wildman–Crippen MR) is 107 cm³/mol. The van der Waals surface area contributed by atoms with Crippen molar-refractivity contribution < 1.29 is 24.3 Å². The lowest BCUT2D eigenvalue weighted by atomic mass is 9.44. The summed E-state index contributed by atoms with van der Waals surface area (Å²) in [5.74, 6) is 0.524. The highest BCUT2D eigenvalue weighted by Gasteiger charge is 2.66. The molecular formula is C24H34O5. The number of Topliss-reactive ketones (excluding diaryl/α,β-unsaturated/α-hetero) is 3. The van der Waals surface area contributed by atoms with Crippen molar-refractivity contribution in [3.05, 3.63) is 0 Å². The first kappa shape index (κ1) is 20.7. The third kappa shape index (κ3) is 3.02. The third-order valence-corrected chi connectivity index (χ3v) is 9.72. The van der Waals surface area contributed by atoms with E-state index in [9.17, 15) is 19.2 Å². The molecule has 8 atom stereocenters. The Morgan fingerprint density at radius 3 is 2.52 bits per heavy atom. The molecule has 0 saturated heterocycles. The van der Waals surface area contributed by atoms with Crippen molar-refractivity contribution in [2.24, 2.45) is 46.3 Å². The molecule has 0 radical (unpaired) electrons. The summed E-state index contributed by atoms with van der Waals surface area (Å²) in [6.07, 6.45) is 5.33. The summed E-state index contributed by atoms with van der Waals surface area (Å²) in [5, 5.41) is 9.06. The lowest BCUT2D eigenvalue weighted by Crippen LogP contribution is -2.60. The Balaban J connectivity index is 1.63. The Labute approximate surface area is 173 Å². The van der Waals surface area contributed by atoms with Crippen LogP contribution in [0.15, 0.2) is 0 Å². The van der Waals surface area contributed by atoms with Crippen molar-refractivity contribution in [3.63, 3.8) is 0 Å². The van der Waals surface area contributed by atoms with Crippen LogP contribution >= 0.6 is 0 Å². The number of carboxylic acids is 1. The Hall–Kier alpha value is -1.52. The molecule has 5 heteroatoms. The van der Waals surface area contributed by atoms with E-state index >= 15 is 0 Å². The first-order chi connectivity index (χ1) is 13.6. The van der Waals surface area contributed by atoms with E-state index in [-0.39, 0.29) is 64.7 Å². The van der Waals surface area contributed by atoms with Crippen LogP contribution in [-0.4, -0.2) is 28.4 Å². The first-order valence-corrected chi connectivity index (χ1v) is 11.4. The van der Waals surface area contributed by atoms with Gasteiger partial charge >= 0.3 is 5.97 Å². The van der Waals surface area contributed by atoms with E-state index in [4.69, 9.17) is 5.11 Å². The molecule has 4 saturated carbocycles. The average Bonchev–Trinajstić information content (AvgIpc) is 3.01. The molecule has 29 heavy (non-hydrogen) atoms. The number of carbonyl (C=O) groups is 4. The van der Waals surface area contributed by atoms with Crippen molar-refractivity contribution in [1.29, 1.82) is 0 Å². The number of carbonyl (C=O) groups excluding carboxylic acids is 3. The smallest absolute Gasteiger partial charge is 0.303 e. The fourth-order valence-electron chi connectivity index (χ4n) is 7.94. The summed E-state index contributed by atoms with van der Waals surface area (Å²) in [4.78, 5) is 50.0. The van der Waals surface area contributed by atoms with E-state index in [1.807, 2.05) is 0 Å². The molecule has 4 fully saturated rings. The maximum atomic E-state index is 13.6. The molecule has 0 aromatic rings. The molecule has 4 rings (SSSR count). The molecular weight excluding hydrogens is 368 g/mol. The summed E-state index contributed by atoms with van der Waals surface area (Å²) in [6.45, 7) is 6.37. The Morgan fingerprint density at radius 2 is 1.83 bits per heavy atom. The topological polar surface area (TPSA) is 88.5 Å². The molecule has 0 bridgehead atoms. The van der Waals surface area contributed by atoms with Crippen LogP contribution in [0, 0.1) is 46.3 Å². The number of hydrogen-bond donors (Lipinski definition) is 1. The molecule has 160 valence electrons. The van der Waals surface area contributed by atoms with E-state index in [2.05, 4.69) is 20.8 Å². The fourth-order valence-corrected chi connectivity index (χ4v) is 7.94.